The van der Waals surface area contributed by atoms with Crippen molar-refractivity contribution in [2.45, 2.75) is 24.2 Å². The molecule has 2 aliphatic heterocycles. The largest absolute Gasteiger partial charge is 0.280 e. The quantitative estimate of drug-likeness (QED) is 0.654. The van der Waals surface area contributed by atoms with Gasteiger partial charge in [-0.15, -0.1) is 0 Å². The maximum Gasteiger partial charge on any atom is 0.261 e. The van der Waals surface area contributed by atoms with Crippen LogP contribution in [0.3, 0.4) is 0 Å². The number of rotatable bonds is 5. The molecule has 2 aromatic carbocycles. The fourth-order valence-corrected chi connectivity index (χ4v) is 7.29. The van der Waals surface area contributed by atoms with Gasteiger partial charge in [-0.1, -0.05) is 6.07 Å². The summed E-state index contributed by atoms with van der Waals surface area (Å²) in [5.74, 6) is -0.848. The van der Waals surface area contributed by atoms with Crippen LogP contribution in [0, 0.1) is 0 Å². The number of carbonyl (C=O) groups is 1. The first kappa shape index (κ1) is 22.6. The predicted molar refractivity (Wildman–Crippen MR) is 120 cm³/mol. The molecule has 2 aliphatic rings. The van der Waals surface area contributed by atoms with Crippen molar-refractivity contribution < 1.29 is 30.0 Å². The third kappa shape index (κ3) is 4.19. The number of nitrogens with one attached hydrogen (secondary N) is 1. The molecule has 13 heteroatoms. The summed E-state index contributed by atoms with van der Waals surface area (Å²) in [6, 6.07) is 9.67. The molecule has 0 bridgehead atoms. The van der Waals surface area contributed by atoms with Crippen LogP contribution in [0.15, 0.2) is 47.4 Å². The molecule has 32 heavy (non-hydrogen) atoms. The summed E-state index contributed by atoms with van der Waals surface area (Å²) < 4.78 is 78.3. The Morgan fingerprint density at radius 2 is 1.66 bits per heavy atom. The van der Waals surface area contributed by atoms with E-state index in [1.54, 1.807) is 12.1 Å². The van der Waals surface area contributed by atoms with Crippen LogP contribution in [-0.4, -0.2) is 49.7 Å². The van der Waals surface area contributed by atoms with Crippen LogP contribution in [0.25, 0.3) is 0 Å². The van der Waals surface area contributed by atoms with Crippen LogP contribution in [0.2, 0.25) is 0 Å². The first-order valence-corrected chi connectivity index (χ1v) is 14.6. The zero-order valence-electron chi connectivity index (χ0n) is 17.1. The summed E-state index contributed by atoms with van der Waals surface area (Å²) in [7, 11) is -11.3. The molecule has 1 amide bonds. The molecule has 0 saturated carbocycles. The van der Waals surface area contributed by atoms with Gasteiger partial charge in [-0.2, -0.15) is 0 Å². The van der Waals surface area contributed by atoms with E-state index in [2.05, 4.69) is 4.72 Å². The van der Waals surface area contributed by atoms with E-state index in [9.17, 15) is 30.0 Å². The van der Waals surface area contributed by atoms with Crippen molar-refractivity contribution in [1.29, 1.82) is 0 Å². The van der Waals surface area contributed by atoms with Gasteiger partial charge < -0.3 is 0 Å². The first-order chi connectivity index (χ1) is 14.9. The highest BCUT2D eigenvalue weighted by Crippen LogP contribution is 2.33. The minimum atomic E-state index is -4.05. The third-order valence-corrected chi connectivity index (χ3v) is 9.54. The lowest BCUT2D eigenvalue weighted by atomic mass is 10.0. The molecule has 2 aromatic rings. The van der Waals surface area contributed by atoms with Gasteiger partial charge in [0.2, 0.25) is 26.0 Å². The van der Waals surface area contributed by atoms with Crippen LogP contribution in [0.4, 0.5) is 17.1 Å². The highest BCUT2D eigenvalue weighted by molar-refractivity contribution is 7.94. The van der Waals surface area contributed by atoms with E-state index in [0.717, 1.165) is 11.8 Å². The zero-order valence-corrected chi connectivity index (χ0v) is 19.5. The predicted octanol–water partition coefficient (Wildman–Crippen LogP) is 1.27. The number of hydrogen-bond donors (Lipinski definition) is 1. The zero-order chi connectivity index (χ0) is 23.3. The maximum atomic E-state index is 12.8. The maximum absolute atomic E-state index is 12.8. The van der Waals surface area contributed by atoms with Crippen molar-refractivity contribution in [3.05, 3.63) is 48.0 Å². The van der Waals surface area contributed by atoms with Crippen LogP contribution in [0.5, 0.6) is 0 Å². The molecule has 1 fully saturated rings. The summed E-state index contributed by atoms with van der Waals surface area (Å²) >= 11 is 0. The number of hydrogen-bond acceptors (Lipinski definition) is 7. The van der Waals surface area contributed by atoms with Crippen molar-refractivity contribution in [1.82, 2.24) is 0 Å². The van der Waals surface area contributed by atoms with Gasteiger partial charge in [-0.05, 0) is 54.8 Å². The second-order valence-electron chi connectivity index (χ2n) is 7.61. The highest BCUT2D eigenvalue weighted by Gasteiger charge is 2.36. The summed E-state index contributed by atoms with van der Waals surface area (Å²) in [6.45, 7) is 0.321. The number of carbonyl (C=O) groups excluding carboxylic acids is 1. The Morgan fingerprint density at radius 1 is 0.969 bits per heavy atom. The number of amides is 1. The SMILES string of the molecule is CS(=O)(=O)N1CCCc2ccc(NS(=O)(=O)c3ccc(N4C(=O)CCS4(=O)=O)cc3)cc21. The van der Waals surface area contributed by atoms with Crippen molar-refractivity contribution in [3.8, 4) is 0 Å². The molecular formula is C19H21N3O7S3. The monoisotopic (exact) mass is 499 g/mol. The van der Waals surface area contributed by atoms with Crippen LogP contribution in [-0.2, 0) is 41.3 Å². The average molecular weight is 500 g/mol. The van der Waals surface area contributed by atoms with Gasteiger partial charge >= 0.3 is 0 Å². The van der Waals surface area contributed by atoms with Gasteiger partial charge in [0.15, 0.2) is 0 Å². The van der Waals surface area contributed by atoms with E-state index >= 15 is 0 Å². The lowest BCUT2D eigenvalue weighted by Gasteiger charge is -2.29. The van der Waals surface area contributed by atoms with Gasteiger partial charge in [-0.3, -0.25) is 13.8 Å². The molecule has 4 rings (SSSR count). The first-order valence-electron chi connectivity index (χ1n) is 9.68. The molecule has 0 aromatic heterocycles. The summed E-state index contributed by atoms with van der Waals surface area (Å²) in [5.41, 5.74) is 1.52. The summed E-state index contributed by atoms with van der Waals surface area (Å²) in [4.78, 5) is 11.8. The lowest BCUT2D eigenvalue weighted by molar-refractivity contribution is -0.116. The standard InChI is InChI=1S/C19H21N3O7S3/c1-30(24,25)21-11-2-3-14-4-5-15(13-18(14)21)20-32(28,29)17-8-6-16(7-9-17)22-19(23)10-12-31(22,26)27/h4-9,13,20H,2-3,10-12H2,1H3. The number of fused-ring (bicyclic) bond motifs is 1. The van der Waals surface area contributed by atoms with E-state index in [4.69, 9.17) is 0 Å². The van der Waals surface area contributed by atoms with E-state index in [0.29, 0.717) is 29.4 Å². The Balaban J connectivity index is 1.61. The molecule has 2 heterocycles. The topological polar surface area (TPSA) is 138 Å². The Morgan fingerprint density at radius 3 is 2.25 bits per heavy atom. The number of nitrogens with zero attached hydrogens (tertiary/aromatic N) is 2. The number of anilines is 3. The second-order valence-corrected chi connectivity index (χ2v) is 13.1. The fourth-order valence-electron chi connectivity index (χ4n) is 3.79. The van der Waals surface area contributed by atoms with Gasteiger partial charge in [0.1, 0.15) is 0 Å². The molecule has 172 valence electrons. The van der Waals surface area contributed by atoms with Crippen LogP contribution < -0.4 is 13.3 Å². The van der Waals surface area contributed by atoms with Crippen molar-refractivity contribution >= 4 is 53.0 Å². The third-order valence-electron chi connectivity index (χ3n) is 5.27. The van der Waals surface area contributed by atoms with Crippen LogP contribution >= 0.6 is 0 Å². The fraction of sp³-hybridized carbons (Fsp3) is 0.316. The van der Waals surface area contributed by atoms with E-state index in [-0.39, 0.29) is 28.4 Å². The number of benzene rings is 2. The van der Waals surface area contributed by atoms with E-state index < -0.39 is 36.0 Å². The van der Waals surface area contributed by atoms with Gasteiger partial charge in [0.25, 0.3) is 10.0 Å². The molecule has 10 nitrogen and oxygen atoms in total. The van der Waals surface area contributed by atoms with Gasteiger partial charge in [-0.25, -0.2) is 29.6 Å². The molecule has 0 aliphatic carbocycles. The minimum absolute atomic E-state index is 0.0732. The summed E-state index contributed by atoms with van der Waals surface area (Å²) in [6.07, 6.45) is 2.35. The van der Waals surface area contributed by atoms with Crippen LogP contribution in [0.1, 0.15) is 18.4 Å². The molecular weight excluding hydrogens is 478 g/mol. The van der Waals surface area contributed by atoms with Gasteiger partial charge in [0, 0.05) is 13.0 Å². The molecule has 0 radical (unpaired) electrons. The van der Waals surface area contributed by atoms with Crippen molar-refractivity contribution in [3.63, 3.8) is 0 Å². The molecule has 0 atom stereocenters. The second kappa shape index (κ2) is 7.74. The smallest absolute Gasteiger partial charge is 0.261 e. The molecule has 1 saturated heterocycles. The molecule has 0 unspecified atom stereocenters. The van der Waals surface area contributed by atoms with E-state index in [1.165, 1.54) is 34.6 Å². The molecule has 0 spiro atoms. The van der Waals surface area contributed by atoms with E-state index in [1.807, 2.05) is 0 Å². The summed E-state index contributed by atoms with van der Waals surface area (Å²) in [5, 5.41) is 0. The minimum Gasteiger partial charge on any atom is -0.280 e. The van der Waals surface area contributed by atoms with Crippen molar-refractivity contribution in [2.24, 2.45) is 0 Å². The van der Waals surface area contributed by atoms with Crippen molar-refractivity contribution in [2.75, 3.05) is 31.9 Å². The highest BCUT2D eigenvalue weighted by atomic mass is 32.2. The Bertz CT molecular complexity index is 1400. The lowest BCUT2D eigenvalue weighted by Crippen LogP contribution is -2.34. The Kier molecular flexibility index (Phi) is 5.46. The average Bonchev–Trinajstić information content (AvgIpc) is 2.99. The Labute approximate surface area is 187 Å². The van der Waals surface area contributed by atoms with Gasteiger partial charge in [0.05, 0.1) is 34.0 Å². The Hall–Kier alpha value is -2.64. The number of sulfonamides is 3. The normalized spacial score (nSPS) is 18.5. The molecule has 1 N–H and O–H groups in total. The number of aryl methyl sites for hydroxylation is 1.